The highest BCUT2D eigenvalue weighted by Gasteiger charge is 2.14. The summed E-state index contributed by atoms with van der Waals surface area (Å²) in [6, 6.07) is 6.70. The summed E-state index contributed by atoms with van der Waals surface area (Å²) in [6.45, 7) is 6.16. The third-order valence-electron chi connectivity index (χ3n) is 3.64. The fourth-order valence-electron chi connectivity index (χ4n) is 2.38. The summed E-state index contributed by atoms with van der Waals surface area (Å²) in [6.07, 6.45) is 3.31. The van der Waals surface area contributed by atoms with E-state index >= 15 is 0 Å². The number of anilines is 1. The largest absolute Gasteiger partial charge is 0.362 e. The Bertz CT molecular complexity index is 779. The third kappa shape index (κ3) is 2.64. The van der Waals surface area contributed by atoms with Gasteiger partial charge in [-0.2, -0.15) is 0 Å². The topological polar surface area (TPSA) is 55.6 Å². The maximum Gasteiger partial charge on any atom is 0.165 e. The molecule has 2 heterocycles. The fraction of sp³-hybridized carbons (Fsp3) is 0.312. The highest BCUT2D eigenvalue weighted by atomic mass is 19.1. The minimum Gasteiger partial charge on any atom is -0.362 e. The van der Waals surface area contributed by atoms with Crippen LogP contribution >= 0.6 is 0 Å². The van der Waals surface area contributed by atoms with Crippen molar-refractivity contribution in [3.8, 4) is 0 Å². The first-order valence-corrected chi connectivity index (χ1v) is 7.26. The molecule has 0 unspecified atom stereocenters. The number of benzene rings is 1. The van der Waals surface area contributed by atoms with Crippen molar-refractivity contribution in [1.29, 1.82) is 0 Å². The van der Waals surface area contributed by atoms with E-state index < -0.39 is 0 Å². The molecule has 0 aliphatic rings. The van der Waals surface area contributed by atoms with Crippen molar-refractivity contribution in [3.63, 3.8) is 0 Å². The van der Waals surface area contributed by atoms with E-state index in [1.165, 1.54) is 18.5 Å². The molecule has 0 fully saturated rings. The average molecular weight is 299 g/mol. The lowest BCUT2D eigenvalue weighted by Crippen LogP contribution is -2.09. The molecule has 0 aliphatic carbocycles. The van der Waals surface area contributed by atoms with Crippen LogP contribution < -0.4 is 5.32 Å². The van der Waals surface area contributed by atoms with Gasteiger partial charge in [-0.25, -0.2) is 19.3 Å². The van der Waals surface area contributed by atoms with Crippen LogP contribution in [-0.2, 0) is 0 Å². The number of rotatable bonds is 4. The van der Waals surface area contributed by atoms with Crippen LogP contribution in [0.5, 0.6) is 0 Å². The van der Waals surface area contributed by atoms with Crippen molar-refractivity contribution < 1.29 is 4.39 Å². The van der Waals surface area contributed by atoms with Gasteiger partial charge in [0.25, 0.3) is 0 Å². The Hall–Kier alpha value is -2.50. The zero-order chi connectivity index (χ0) is 15.7. The van der Waals surface area contributed by atoms with Crippen LogP contribution in [0.2, 0.25) is 0 Å². The van der Waals surface area contributed by atoms with E-state index in [2.05, 4.69) is 34.1 Å². The molecule has 0 radical (unpaired) electrons. The Kier molecular flexibility index (Phi) is 3.75. The Labute approximate surface area is 128 Å². The van der Waals surface area contributed by atoms with E-state index in [4.69, 9.17) is 0 Å². The number of imidazole rings is 1. The summed E-state index contributed by atoms with van der Waals surface area (Å²) in [5.74, 6) is 0.442. The molecule has 22 heavy (non-hydrogen) atoms. The predicted octanol–water partition coefficient (Wildman–Crippen LogP) is 3.72. The highest BCUT2D eigenvalue weighted by molar-refractivity contribution is 5.82. The number of fused-ring (bicyclic) bond motifs is 1. The molecule has 0 aliphatic heterocycles. The molecule has 2 aromatic heterocycles. The second kappa shape index (κ2) is 5.71. The first-order valence-electron chi connectivity index (χ1n) is 7.26. The smallest absolute Gasteiger partial charge is 0.165 e. The Morgan fingerprint density at radius 3 is 2.45 bits per heavy atom. The molecule has 1 N–H and O–H groups in total. The Morgan fingerprint density at radius 2 is 1.77 bits per heavy atom. The summed E-state index contributed by atoms with van der Waals surface area (Å²) in [5, 5.41) is 3.32. The second-order valence-corrected chi connectivity index (χ2v) is 5.56. The third-order valence-corrected chi connectivity index (χ3v) is 3.64. The van der Waals surface area contributed by atoms with Crippen molar-refractivity contribution in [3.05, 3.63) is 48.3 Å². The maximum absolute atomic E-state index is 13.0. The molecule has 1 aromatic carbocycles. The van der Waals surface area contributed by atoms with Gasteiger partial charge in [0.1, 0.15) is 17.7 Å². The van der Waals surface area contributed by atoms with E-state index in [1.54, 1.807) is 18.5 Å². The van der Waals surface area contributed by atoms with Gasteiger partial charge in [-0.3, -0.25) is 0 Å². The summed E-state index contributed by atoms with van der Waals surface area (Å²) in [5.41, 5.74) is 2.53. The minimum absolute atomic E-state index is 0.0112. The number of aromatic nitrogens is 4. The molecular weight excluding hydrogens is 281 g/mol. The molecule has 0 amide bonds. The molecular formula is C16H18FN5. The SMILES string of the molecule is CC(C)n1cnc2c(N[C@@H](C)c3ccc(F)cc3)ncnc21. The van der Waals surface area contributed by atoms with Crippen LogP contribution in [0.3, 0.4) is 0 Å². The molecule has 0 saturated carbocycles. The number of hydrogen-bond acceptors (Lipinski definition) is 4. The van der Waals surface area contributed by atoms with E-state index in [9.17, 15) is 4.39 Å². The lowest BCUT2D eigenvalue weighted by molar-refractivity contribution is 0.612. The molecule has 3 aromatic rings. The van der Waals surface area contributed by atoms with Gasteiger partial charge in [-0.15, -0.1) is 0 Å². The number of halogens is 1. The van der Waals surface area contributed by atoms with E-state index in [-0.39, 0.29) is 17.9 Å². The molecule has 5 nitrogen and oxygen atoms in total. The van der Waals surface area contributed by atoms with E-state index in [1.807, 2.05) is 11.5 Å². The molecule has 1 atom stereocenters. The fourth-order valence-corrected chi connectivity index (χ4v) is 2.38. The van der Waals surface area contributed by atoms with Gasteiger partial charge in [0.15, 0.2) is 11.5 Å². The van der Waals surface area contributed by atoms with Crippen LogP contribution in [0.1, 0.15) is 38.4 Å². The van der Waals surface area contributed by atoms with Crippen LogP contribution in [0.4, 0.5) is 10.2 Å². The molecule has 0 saturated heterocycles. The predicted molar refractivity (Wildman–Crippen MR) is 84.1 cm³/mol. The normalized spacial score (nSPS) is 12.8. The van der Waals surface area contributed by atoms with Gasteiger partial charge in [-0.1, -0.05) is 12.1 Å². The van der Waals surface area contributed by atoms with Crippen LogP contribution in [0.25, 0.3) is 11.2 Å². The first kappa shape index (κ1) is 14.4. The van der Waals surface area contributed by atoms with Gasteiger partial charge in [0.2, 0.25) is 0 Å². The lowest BCUT2D eigenvalue weighted by Gasteiger charge is -2.15. The van der Waals surface area contributed by atoms with Gasteiger partial charge < -0.3 is 9.88 Å². The lowest BCUT2D eigenvalue weighted by atomic mass is 10.1. The molecule has 114 valence electrons. The van der Waals surface area contributed by atoms with Crippen molar-refractivity contribution in [1.82, 2.24) is 19.5 Å². The van der Waals surface area contributed by atoms with Crippen molar-refractivity contribution in [2.75, 3.05) is 5.32 Å². The quantitative estimate of drug-likeness (QED) is 0.797. The van der Waals surface area contributed by atoms with E-state index in [0.29, 0.717) is 5.82 Å². The summed E-state index contributed by atoms with van der Waals surface area (Å²) >= 11 is 0. The Balaban J connectivity index is 1.92. The van der Waals surface area contributed by atoms with Gasteiger partial charge in [0, 0.05) is 6.04 Å². The van der Waals surface area contributed by atoms with Gasteiger partial charge >= 0.3 is 0 Å². The second-order valence-electron chi connectivity index (χ2n) is 5.56. The van der Waals surface area contributed by atoms with Gasteiger partial charge in [0.05, 0.1) is 12.4 Å². The average Bonchev–Trinajstić information content (AvgIpc) is 2.93. The number of hydrogen-bond donors (Lipinski definition) is 1. The Morgan fingerprint density at radius 1 is 1.05 bits per heavy atom. The number of nitrogens with zero attached hydrogens (tertiary/aromatic N) is 4. The first-order chi connectivity index (χ1) is 10.6. The zero-order valence-corrected chi connectivity index (χ0v) is 12.8. The molecule has 6 heteroatoms. The number of nitrogens with one attached hydrogen (secondary N) is 1. The van der Waals surface area contributed by atoms with E-state index in [0.717, 1.165) is 16.7 Å². The minimum atomic E-state index is -0.240. The van der Waals surface area contributed by atoms with Crippen LogP contribution in [0.15, 0.2) is 36.9 Å². The van der Waals surface area contributed by atoms with Crippen LogP contribution in [-0.4, -0.2) is 19.5 Å². The maximum atomic E-state index is 13.0. The van der Waals surface area contributed by atoms with Crippen molar-refractivity contribution >= 4 is 17.0 Å². The van der Waals surface area contributed by atoms with Crippen molar-refractivity contribution in [2.45, 2.75) is 32.9 Å². The summed E-state index contributed by atoms with van der Waals surface area (Å²) in [7, 11) is 0. The van der Waals surface area contributed by atoms with Crippen molar-refractivity contribution in [2.24, 2.45) is 0 Å². The highest BCUT2D eigenvalue weighted by Crippen LogP contribution is 2.24. The zero-order valence-electron chi connectivity index (χ0n) is 12.8. The monoisotopic (exact) mass is 299 g/mol. The van der Waals surface area contributed by atoms with Crippen LogP contribution in [0, 0.1) is 5.82 Å². The molecule has 3 rings (SSSR count). The molecule has 0 bridgehead atoms. The summed E-state index contributed by atoms with van der Waals surface area (Å²) < 4.78 is 15.0. The molecule has 0 spiro atoms. The summed E-state index contributed by atoms with van der Waals surface area (Å²) in [4.78, 5) is 13.0. The van der Waals surface area contributed by atoms with Gasteiger partial charge in [-0.05, 0) is 38.5 Å². The standard InChI is InChI=1S/C16H18FN5/c1-10(2)22-9-20-14-15(18-8-19-16(14)22)21-11(3)12-4-6-13(17)7-5-12/h4-11H,1-3H3,(H,18,19,21)/t11-/m0/s1.